The monoisotopic (exact) mass is 394 g/mol. The van der Waals surface area contributed by atoms with Crippen molar-refractivity contribution in [2.45, 2.75) is 25.1 Å². The molecule has 0 bridgehead atoms. The molecule has 1 aliphatic rings. The molecule has 1 heterocycles. The van der Waals surface area contributed by atoms with E-state index in [1.807, 2.05) is 0 Å². The van der Waals surface area contributed by atoms with Gasteiger partial charge < -0.3 is 20.1 Å². The molecule has 0 radical (unpaired) electrons. The summed E-state index contributed by atoms with van der Waals surface area (Å²) in [5.74, 6) is 0.290. The summed E-state index contributed by atoms with van der Waals surface area (Å²) >= 11 is 0. The van der Waals surface area contributed by atoms with Crippen molar-refractivity contribution in [3.63, 3.8) is 0 Å². The zero-order valence-electron chi connectivity index (χ0n) is 14.8. The first-order valence-corrected chi connectivity index (χ1v) is 8.39. The Balaban J connectivity index is 1.75. The number of amides is 2. The van der Waals surface area contributed by atoms with Crippen LogP contribution in [0.5, 0.6) is 17.2 Å². The highest BCUT2D eigenvalue weighted by Crippen LogP contribution is 2.33. The van der Waals surface area contributed by atoms with E-state index >= 15 is 0 Å². The molecule has 28 heavy (non-hydrogen) atoms. The largest absolute Gasteiger partial charge is 0.497 e. The lowest BCUT2D eigenvalue weighted by atomic mass is 10.2. The molecule has 1 unspecified atom stereocenters. The van der Waals surface area contributed by atoms with Crippen LogP contribution >= 0.6 is 0 Å². The van der Waals surface area contributed by atoms with Gasteiger partial charge in [-0.05, 0) is 30.7 Å². The molecule has 2 N–H and O–H groups in total. The van der Waals surface area contributed by atoms with Gasteiger partial charge in [-0.25, -0.2) is 0 Å². The molecular formula is C19H17F3N2O4. The Morgan fingerprint density at radius 2 is 1.79 bits per heavy atom. The van der Waals surface area contributed by atoms with Crippen LogP contribution in [0.1, 0.15) is 18.4 Å². The van der Waals surface area contributed by atoms with Crippen LogP contribution in [0, 0.1) is 0 Å². The second-order valence-electron chi connectivity index (χ2n) is 6.17. The molecule has 1 aliphatic heterocycles. The number of rotatable bonds is 5. The maximum Gasteiger partial charge on any atom is 0.416 e. The molecule has 148 valence electrons. The number of alkyl halides is 3. The Kier molecular flexibility index (Phi) is 5.43. The van der Waals surface area contributed by atoms with Crippen LogP contribution < -0.4 is 20.1 Å². The van der Waals surface area contributed by atoms with Gasteiger partial charge in [0.15, 0.2) is 0 Å². The van der Waals surface area contributed by atoms with Crippen molar-refractivity contribution in [1.82, 2.24) is 5.32 Å². The summed E-state index contributed by atoms with van der Waals surface area (Å²) in [4.78, 5) is 23.5. The Morgan fingerprint density at radius 1 is 1.11 bits per heavy atom. The molecular weight excluding hydrogens is 377 g/mol. The number of anilines is 1. The van der Waals surface area contributed by atoms with E-state index in [0.29, 0.717) is 24.3 Å². The molecule has 6 nitrogen and oxygen atoms in total. The van der Waals surface area contributed by atoms with Gasteiger partial charge in [0.05, 0.1) is 12.7 Å². The molecule has 0 aliphatic carbocycles. The van der Waals surface area contributed by atoms with Crippen molar-refractivity contribution in [3.05, 3.63) is 48.0 Å². The average Bonchev–Trinajstić information content (AvgIpc) is 3.08. The highest BCUT2D eigenvalue weighted by molar-refractivity contribution is 5.99. The van der Waals surface area contributed by atoms with Crippen LogP contribution in [0.2, 0.25) is 0 Å². The van der Waals surface area contributed by atoms with E-state index in [-0.39, 0.29) is 23.3 Å². The first-order valence-electron chi connectivity index (χ1n) is 8.39. The lowest BCUT2D eigenvalue weighted by Crippen LogP contribution is -2.37. The molecule has 1 fully saturated rings. The number of hydrogen-bond acceptors (Lipinski definition) is 4. The molecule has 2 aromatic carbocycles. The van der Waals surface area contributed by atoms with Gasteiger partial charge >= 0.3 is 6.18 Å². The van der Waals surface area contributed by atoms with Crippen LogP contribution in [0.15, 0.2) is 42.5 Å². The lowest BCUT2D eigenvalue weighted by Gasteiger charge is -2.14. The zero-order valence-corrected chi connectivity index (χ0v) is 14.8. The van der Waals surface area contributed by atoms with Gasteiger partial charge in [-0.15, -0.1) is 0 Å². The maximum atomic E-state index is 12.6. The van der Waals surface area contributed by atoms with Gasteiger partial charge in [0.2, 0.25) is 11.8 Å². The van der Waals surface area contributed by atoms with Crippen LogP contribution in [-0.2, 0) is 15.8 Å². The summed E-state index contributed by atoms with van der Waals surface area (Å²) in [5, 5.41) is 5.24. The van der Waals surface area contributed by atoms with Gasteiger partial charge in [-0.2, -0.15) is 13.2 Å². The van der Waals surface area contributed by atoms with Gasteiger partial charge in [-0.1, -0.05) is 0 Å². The summed E-state index contributed by atoms with van der Waals surface area (Å²) in [7, 11) is 1.43. The van der Waals surface area contributed by atoms with E-state index in [9.17, 15) is 22.8 Å². The van der Waals surface area contributed by atoms with Crippen molar-refractivity contribution >= 4 is 17.5 Å². The number of hydrogen-bond donors (Lipinski definition) is 2. The highest BCUT2D eigenvalue weighted by Gasteiger charge is 2.30. The molecule has 3 rings (SSSR count). The molecule has 0 aromatic heterocycles. The number of carbonyl (C=O) groups is 2. The minimum Gasteiger partial charge on any atom is -0.497 e. The predicted octanol–water partition coefficient (Wildman–Crippen LogP) is 3.72. The Morgan fingerprint density at radius 3 is 2.36 bits per heavy atom. The quantitative estimate of drug-likeness (QED) is 0.810. The fourth-order valence-corrected chi connectivity index (χ4v) is 2.71. The summed E-state index contributed by atoms with van der Waals surface area (Å²) in [6, 6.07) is 8.23. The molecule has 9 heteroatoms. The van der Waals surface area contributed by atoms with Gasteiger partial charge in [0, 0.05) is 30.3 Å². The highest BCUT2D eigenvalue weighted by atomic mass is 19.4. The van der Waals surface area contributed by atoms with E-state index < -0.39 is 17.8 Å². The Hall–Kier alpha value is -3.23. The predicted molar refractivity (Wildman–Crippen MR) is 94.3 cm³/mol. The second-order valence-corrected chi connectivity index (χ2v) is 6.17. The van der Waals surface area contributed by atoms with E-state index in [1.54, 1.807) is 6.07 Å². The number of nitrogens with one attached hydrogen (secondary N) is 2. The minimum atomic E-state index is -4.43. The fraction of sp³-hybridized carbons (Fsp3) is 0.263. The minimum absolute atomic E-state index is 0.183. The third-order valence-corrected chi connectivity index (χ3v) is 4.11. The van der Waals surface area contributed by atoms with Crippen molar-refractivity contribution in [2.75, 3.05) is 12.4 Å². The SMILES string of the molecule is COc1cc(NC(=O)C2CCC(=O)N2)cc(Oc2ccc(C(F)(F)F)cc2)c1. The number of methoxy groups -OCH3 is 1. The standard InChI is InChI=1S/C19H17F3N2O4/c1-27-14-8-12(23-18(26)16-6-7-17(25)24-16)9-15(10-14)28-13-4-2-11(3-5-13)19(20,21)22/h2-5,8-10,16H,6-7H2,1H3,(H,23,26)(H,24,25). The molecule has 0 saturated carbocycles. The fourth-order valence-electron chi connectivity index (χ4n) is 2.71. The van der Waals surface area contributed by atoms with Crippen LogP contribution in [0.3, 0.4) is 0 Å². The van der Waals surface area contributed by atoms with Crippen molar-refractivity contribution in [3.8, 4) is 17.2 Å². The topological polar surface area (TPSA) is 76.7 Å². The molecule has 2 amide bonds. The van der Waals surface area contributed by atoms with Crippen LogP contribution in [0.25, 0.3) is 0 Å². The van der Waals surface area contributed by atoms with E-state index in [0.717, 1.165) is 12.1 Å². The summed E-state index contributed by atoms with van der Waals surface area (Å²) < 4.78 is 48.7. The number of halogens is 3. The van der Waals surface area contributed by atoms with E-state index in [4.69, 9.17) is 9.47 Å². The number of ether oxygens (including phenoxy) is 2. The molecule has 2 aromatic rings. The van der Waals surface area contributed by atoms with E-state index in [2.05, 4.69) is 10.6 Å². The summed E-state index contributed by atoms with van der Waals surface area (Å²) in [6.07, 6.45) is -3.73. The Bertz CT molecular complexity index is 882. The smallest absolute Gasteiger partial charge is 0.416 e. The second kappa shape index (κ2) is 7.79. The zero-order chi connectivity index (χ0) is 20.3. The van der Waals surface area contributed by atoms with Crippen molar-refractivity contribution in [2.24, 2.45) is 0 Å². The van der Waals surface area contributed by atoms with Crippen molar-refractivity contribution in [1.29, 1.82) is 0 Å². The summed E-state index contributed by atoms with van der Waals surface area (Å²) in [5.41, 5.74) is -0.413. The number of carbonyl (C=O) groups excluding carboxylic acids is 2. The van der Waals surface area contributed by atoms with E-state index in [1.165, 1.54) is 31.4 Å². The first kappa shape index (κ1) is 19.5. The van der Waals surface area contributed by atoms with Crippen molar-refractivity contribution < 1.29 is 32.2 Å². The Labute approximate surface area is 158 Å². The third-order valence-electron chi connectivity index (χ3n) is 4.11. The third kappa shape index (κ3) is 4.73. The summed E-state index contributed by atoms with van der Waals surface area (Å²) in [6.45, 7) is 0. The van der Waals surface area contributed by atoms with Crippen LogP contribution in [0.4, 0.5) is 18.9 Å². The number of benzene rings is 2. The van der Waals surface area contributed by atoms with Gasteiger partial charge in [-0.3, -0.25) is 9.59 Å². The van der Waals surface area contributed by atoms with Gasteiger partial charge in [0.25, 0.3) is 0 Å². The molecule has 1 saturated heterocycles. The maximum absolute atomic E-state index is 12.6. The van der Waals surface area contributed by atoms with Gasteiger partial charge in [0.1, 0.15) is 23.3 Å². The lowest BCUT2D eigenvalue weighted by molar-refractivity contribution is -0.137. The molecule has 0 spiro atoms. The first-order chi connectivity index (χ1) is 13.2. The average molecular weight is 394 g/mol. The normalized spacial score (nSPS) is 16.4. The molecule has 1 atom stereocenters. The van der Waals surface area contributed by atoms with Crippen LogP contribution in [-0.4, -0.2) is 25.0 Å².